The van der Waals surface area contributed by atoms with Crippen LogP contribution in [-0.2, 0) is 15.6 Å². The molecule has 0 aromatic heterocycles. The van der Waals surface area contributed by atoms with Crippen LogP contribution < -0.4 is 9.46 Å². The molecule has 9 nitrogen and oxygen atoms in total. The van der Waals surface area contributed by atoms with E-state index in [1.54, 1.807) is 9.80 Å². The summed E-state index contributed by atoms with van der Waals surface area (Å²) >= 11 is 0. The third-order valence-electron chi connectivity index (χ3n) is 5.95. The topological polar surface area (TPSA) is 105 Å². The second-order valence-electron chi connectivity index (χ2n) is 7.97. The van der Waals surface area contributed by atoms with Gasteiger partial charge in [0.15, 0.2) is 0 Å². The van der Waals surface area contributed by atoms with Crippen LogP contribution in [0.4, 0.5) is 10.5 Å². The number of hydrogen-bond donors (Lipinski definition) is 2. The number of anilines is 1. The first-order valence-corrected chi connectivity index (χ1v) is 12.0. The van der Waals surface area contributed by atoms with E-state index in [1.807, 2.05) is 0 Å². The number of nitrogens with zero attached hydrogens (tertiary/aromatic N) is 2. The average Bonchev–Trinajstić information content (AvgIpc) is 2.79. The van der Waals surface area contributed by atoms with Crippen molar-refractivity contribution in [2.45, 2.75) is 38.5 Å². The van der Waals surface area contributed by atoms with Gasteiger partial charge in [0.1, 0.15) is 5.75 Å². The normalized spacial score (nSPS) is 17.5. The Morgan fingerprint density at radius 2 is 1.74 bits per heavy atom. The zero-order valence-corrected chi connectivity index (χ0v) is 18.8. The maximum atomic E-state index is 12.9. The van der Waals surface area contributed by atoms with Crippen molar-refractivity contribution in [2.75, 3.05) is 44.6 Å². The molecule has 0 atom stereocenters. The van der Waals surface area contributed by atoms with Crippen molar-refractivity contribution < 1.29 is 27.5 Å². The third-order valence-corrected chi connectivity index (χ3v) is 6.39. The van der Waals surface area contributed by atoms with Gasteiger partial charge >= 0.3 is 6.09 Å². The molecule has 1 saturated carbocycles. The SMILES string of the molecule is COc1cc(N[SH](=O)=O)ccc1C(=O)N1CCN(C(=O)OCCC2CCCCC2)CC1. The smallest absolute Gasteiger partial charge is 0.409 e. The zero-order chi connectivity index (χ0) is 22.2. The number of ether oxygens (including phenoxy) is 2. The molecule has 1 heterocycles. The van der Waals surface area contributed by atoms with Crippen LogP contribution in [-0.4, -0.2) is 70.1 Å². The molecule has 0 spiro atoms. The number of carbonyl (C=O) groups is 2. The highest BCUT2D eigenvalue weighted by molar-refractivity contribution is 7.73. The lowest BCUT2D eigenvalue weighted by molar-refractivity contribution is 0.0541. The number of carbonyl (C=O) groups excluding carboxylic acids is 2. The summed E-state index contributed by atoms with van der Waals surface area (Å²) in [6, 6.07) is 4.52. The molecule has 1 saturated heterocycles. The molecule has 10 heteroatoms. The molecular weight excluding hydrogens is 422 g/mol. The van der Waals surface area contributed by atoms with Gasteiger partial charge in [-0.1, -0.05) is 32.1 Å². The summed E-state index contributed by atoms with van der Waals surface area (Å²) in [6.07, 6.45) is 6.93. The van der Waals surface area contributed by atoms with Gasteiger partial charge in [-0.05, 0) is 24.5 Å². The standard InChI is InChI=1S/C21H31N3O6S/c1-29-19-15-17(22-31(27)28)7-8-18(19)20(25)23-10-12-24(13-11-23)21(26)30-14-9-16-5-3-2-4-6-16/h7-8,15-16,31H,2-6,9-14H2,1H3,(H,22,27,28). The molecule has 0 bridgehead atoms. The van der Waals surface area contributed by atoms with Crippen molar-refractivity contribution in [1.82, 2.24) is 9.80 Å². The molecule has 172 valence electrons. The average molecular weight is 454 g/mol. The van der Waals surface area contributed by atoms with Crippen LogP contribution >= 0.6 is 0 Å². The number of methoxy groups -OCH3 is 1. The van der Waals surface area contributed by atoms with Crippen LogP contribution in [0.15, 0.2) is 18.2 Å². The summed E-state index contributed by atoms with van der Waals surface area (Å²) in [4.78, 5) is 28.5. The second-order valence-corrected chi connectivity index (χ2v) is 8.71. The highest BCUT2D eigenvalue weighted by atomic mass is 32.2. The largest absolute Gasteiger partial charge is 0.496 e. The van der Waals surface area contributed by atoms with Gasteiger partial charge in [0, 0.05) is 32.2 Å². The Kier molecular flexibility index (Phi) is 8.39. The molecule has 2 amide bonds. The van der Waals surface area contributed by atoms with Gasteiger partial charge in [-0.25, -0.2) is 13.2 Å². The number of hydrogen-bond acceptors (Lipinski definition) is 6. The summed E-state index contributed by atoms with van der Waals surface area (Å²) < 4.78 is 34.7. The van der Waals surface area contributed by atoms with Crippen LogP contribution in [0.1, 0.15) is 48.9 Å². The number of amides is 2. The minimum absolute atomic E-state index is 0.222. The van der Waals surface area contributed by atoms with Crippen LogP contribution in [0.2, 0.25) is 0 Å². The number of nitrogens with one attached hydrogen (secondary N) is 1. The Labute approximate surface area is 184 Å². The lowest BCUT2D eigenvalue weighted by Gasteiger charge is -2.34. The molecule has 2 aliphatic rings. The first kappa shape index (κ1) is 23.2. The first-order valence-electron chi connectivity index (χ1n) is 10.8. The molecule has 31 heavy (non-hydrogen) atoms. The maximum absolute atomic E-state index is 12.9. The van der Waals surface area contributed by atoms with Gasteiger partial charge in [-0.15, -0.1) is 0 Å². The fourth-order valence-electron chi connectivity index (χ4n) is 4.19. The number of thiol groups is 1. The monoisotopic (exact) mass is 453 g/mol. The molecule has 1 aliphatic carbocycles. The van der Waals surface area contributed by atoms with Crippen LogP contribution in [0.5, 0.6) is 5.75 Å². The van der Waals surface area contributed by atoms with Crippen molar-refractivity contribution in [3.63, 3.8) is 0 Å². The summed E-state index contributed by atoms with van der Waals surface area (Å²) in [5.41, 5.74) is 0.669. The fraction of sp³-hybridized carbons (Fsp3) is 0.619. The van der Waals surface area contributed by atoms with Crippen molar-refractivity contribution in [1.29, 1.82) is 0 Å². The molecule has 0 unspecified atom stereocenters. The van der Waals surface area contributed by atoms with Gasteiger partial charge in [-0.2, -0.15) is 0 Å². The molecule has 3 rings (SSSR count). The van der Waals surface area contributed by atoms with Gasteiger partial charge in [-0.3, -0.25) is 9.52 Å². The highest BCUT2D eigenvalue weighted by Gasteiger charge is 2.27. The molecule has 1 aliphatic heterocycles. The maximum Gasteiger partial charge on any atom is 0.409 e. The highest BCUT2D eigenvalue weighted by Crippen LogP contribution is 2.27. The predicted octanol–water partition coefficient (Wildman–Crippen LogP) is 2.50. The second kappa shape index (κ2) is 11.2. The van der Waals surface area contributed by atoms with E-state index in [2.05, 4.69) is 4.72 Å². The van der Waals surface area contributed by atoms with E-state index in [1.165, 1.54) is 57.4 Å². The Morgan fingerprint density at radius 3 is 2.39 bits per heavy atom. The van der Waals surface area contributed by atoms with E-state index in [-0.39, 0.29) is 17.7 Å². The Hall–Kier alpha value is -2.49. The van der Waals surface area contributed by atoms with E-state index in [9.17, 15) is 18.0 Å². The summed E-state index contributed by atoms with van der Waals surface area (Å²) in [5, 5.41) is 0. The van der Waals surface area contributed by atoms with Crippen molar-refractivity contribution >= 4 is 28.6 Å². The molecule has 1 N–H and O–H groups in total. The summed E-state index contributed by atoms with van der Waals surface area (Å²) in [7, 11) is -1.38. The number of rotatable bonds is 7. The van der Waals surface area contributed by atoms with E-state index < -0.39 is 10.9 Å². The minimum atomic E-state index is -2.80. The molecule has 0 radical (unpaired) electrons. The molecule has 1 aromatic carbocycles. The zero-order valence-electron chi connectivity index (χ0n) is 17.9. The predicted molar refractivity (Wildman–Crippen MR) is 117 cm³/mol. The lowest BCUT2D eigenvalue weighted by Crippen LogP contribution is -2.50. The van der Waals surface area contributed by atoms with Gasteiger partial charge in [0.25, 0.3) is 5.91 Å². The van der Waals surface area contributed by atoms with E-state index in [4.69, 9.17) is 9.47 Å². The lowest BCUT2D eigenvalue weighted by atomic mass is 9.87. The van der Waals surface area contributed by atoms with Crippen molar-refractivity contribution in [2.24, 2.45) is 5.92 Å². The number of benzene rings is 1. The Balaban J connectivity index is 1.48. The number of piperazine rings is 1. The van der Waals surface area contributed by atoms with Crippen LogP contribution in [0.25, 0.3) is 0 Å². The van der Waals surface area contributed by atoms with E-state index >= 15 is 0 Å². The van der Waals surface area contributed by atoms with Gasteiger partial charge in [0.05, 0.1) is 25.0 Å². The fourth-order valence-corrected chi connectivity index (χ4v) is 4.54. The van der Waals surface area contributed by atoms with E-state index in [0.29, 0.717) is 50.0 Å². The summed E-state index contributed by atoms with van der Waals surface area (Å²) in [6.45, 7) is 2.06. The van der Waals surface area contributed by atoms with Gasteiger partial charge in [0.2, 0.25) is 10.9 Å². The van der Waals surface area contributed by atoms with Crippen molar-refractivity contribution in [3.05, 3.63) is 23.8 Å². The quantitative estimate of drug-likeness (QED) is 0.615. The van der Waals surface area contributed by atoms with Crippen LogP contribution in [0, 0.1) is 5.92 Å². The molecular formula is C21H31N3O6S. The van der Waals surface area contributed by atoms with Crippen LogP contribution in [0.3, 0.4) is 0 Å². The first-order chi connectivity index (χ1) is 15.0. The Bertz CT molecular complexity index is 838. The molecule has 1 aromatic rings. The summed E-state index contributed by atoms with van der Waals surface area (Å²) in [5.74, 6) is 0.735. The van der Waals surface area contributed by atoms with Crippen molar-refractivity contribution in [3.8, 4) is 5.75 Å². The van der Waals surface area contributed by atoms with E-state index in [0.717, 1.165) is 6.42 Å². The minimum Gasteiger partial charge on any atom is -0.496 e. The molecule has 2 fully saturated rings. The van der Waals surface area contributed by atoms with Gasteiger partial charge < -0.3 is 19.3 Å². The third kappa shape index (κ3) is 6.49. The Morgan fingerprint density at radius 1 is 1.06 bits per heavy atom.